The van der Waals surface area contributed by atoms with Gasteiger partial charge in [0, 0.05) is 5.92 Å². The number of nitrogens with two attached hydrogens (primary N) is 2. The minimum Gasteiger partial charge on any atom is -0.312 e. The number of hydrogen-bond acceptors (Lipinski definition) is 2. The maximum atomic E-state index is 6.45. The summed E-state index contributed by atoms with van der Waals surface area (Å²) in [5.74, 6) is 0.174. The van der Waals surface area contributed by atoms with Crippen LogP contribution in [0.3, 0.4) is 0 Å². The molecule has 0 unspecified atom stereocenters. The monoisotopic (exact) mass is 254 g/mol. The molecule has 0 atom stereocenters. The van der Waals surface area contributed by atoms with Gasteiger partial charge in [-0.05, 0) is 17.0 Å². The van der Waals surface area contributed by atoms with Crippen LogP contribution < -0.4 is 11.5 Å². The van der Waals surface area contributed by atoms with Gasteiger partial charge in [0.05, 0.1) is 5.66 Å². The van der Waals surface area contributed by atoms with Gasteiger partial charge in [-0.3, -0.25) is 0 Å². The molecular weight excluding hydrogens is 232 g/mol. The molecule has 0 radical (unpaired) electrons. The molecule has 4 N–H and O–H groups in total. The Morgan fingerprint density at radius 2 is 1.11 bits per heavy atom. The Labute approximate surface area is 115 Å². The fraction of sp³-hybridized carbons (Fsp3) is 0.294. The van der Waals surface area contributed by atoms with Gasteiger partial charge in [0.1, 0.15) is 0 Å². The predicted molar refractivity (Wildman–Crippen MR) is 80.7 cm³/mol. The second-order valence-corrected chi connectivity index (χ2v) is 5.41. The summed E-state index contributed by atoms with van der Waals surface area (Å²) >= 11 is 0. The Morgan fingerprint density at radius 1 is 0.737 bits per heavy atom. The normalized spacial score (nSPS) is 12.1. The van der Waals surface area contributed by atoms with E-state index in [2.05, 4.69) is 38.1 Å². The summed E-state index contributed by atoms with van der Waals surface area (Å²) in [7, 11) is 0. The fourth-order valence-corrected chi connectivity index (χ4v) is 2.39. The van der Waals surface area contributed by atoms with Gasteiger partial charge >= 0.3 is 0 Å². The molecule has 2 aromatic rings. The Balaban J connectivity index is 2.52. The summed E-state index contributed by atoms with van der Waals surface area (Å²) in [6.07, 6.45) is 0. The first-order valence-corrected chi connectivity index (χ1v) is 6.71. The molecule has 0 aliphatic carbocycles. The summed E-state index contributed by atoms with van der Waals surface area (Å²) in [5, 5.41) is 0. The minimum atomic E-state index is -0.775. The summed E-state index contributed by atoms with van der Waals surface area (Å²) in [6, 6.07) is 20.5. The first-order chi connectivity index (χ1) is 9.03. The summed E-state index contributed by atoms with van der Waals surface area (Å²) < 4.78 is 0. The van der Waals surface area contributed by atoms with Gasteiger partial charge in [-0.2, -0.15) is 0 Å². The van der Waals surface area contributed by atoms with E-state index in [4.69, 9.17) is 11.5 Å². The average molecular weight is 254 g/mol. The van der Waals surface area contributed by atoms with Crippen LogP contribution in [0.25, 0.3) is 0 Å². The largest absolute Gasteiger partial charge is 0.312 e. The summed E-state index contributed by atoms with van der Waals surface area (Å²) in [4.78, 5) is 0. The van der Waals surface area contributed by atoms with Crippen molar-refractivity contribution in [3.8, 4) is 0 Å². The van der Waals surface area contributed by atoms with Crippen LogP contribution in [0.4, 0.5) is 0 Å². The molecule has 2 nitrogen and oxygen atoms in total. The topological polar surface area (TPSA) is 52.0 Å². The Kier molecular flexibility index (Phi) is 4.03. The molecule has 0 spiro atoms. The predicted octanol–water partition coefficient (Wildman–Crippen LogP) is 3.09. The van der Waals surface area contributed by atoms with Crippen molar-refractivity contribution in [2.45, 2.75) is 25.4 Å². The van der Waals surface area contributed by atoms with Crippen LogP contribution in [-0.2, 0) is 0 Å². The zero-order chi connectivity index (χ0) is 13.9. The number of hydrogen-bond donors (Lipinski definition) is 2. The van der Waals surface area contributed by atoms with Crippen molar-refractivity contribution >= 4 is 0 Å². The van der Waals surface area contributed by atoms with E-state index in [1.54, 1.807) is 0 Å². The van der Waals surface area contributed by atoms with Crippen molar-refractivity contribution in [1.29, 1.82) is 0 Å². The minimum absolute atomic E-state index is 0.00472. The standard InChI is InChI=1S/C17H22N2/c1-13(2)17(18,19)16(14-9-5-3-6-10-14)15-11-7-4-8-12-15/h3-13,16H,18-19H2,1-2H3. The SMILES string of the molecule is CC(C)C(N)(N)C(c1ccccc1)c1ccccc1. The summed E-state index contributed by atoms with van der Waals surface area (Å²) in [6.45, 7) is 4.14. The van der Waals surface area contributed by atoms with E-state index in [9.17, 15) is 0 Å². The lowest BCUT2D eigenvalue weighted by atomic mass is 9.76. The van der Waals surface area contributed by atoms with Crippen molar-refractivity contribution in [3.05, 3.63) is 71.8 Å². The lowest BCUT2D eigenvalue weighted by Crippen LogP contribution is -2.58. The Bertz CT molecular complexity index is 464. The maximum Gasteiger partial charge on any atom is 0.0772 e. The molecule has 0 aliphatic rings. The zero-order valence-electron chi connectivity index (χ0n) is 11.6. The van der Waals surface area contributed by atoms with Gasteiger partial charge in [-0.25, -0.2) is 0 Å². The van der Waals surface area contributed by atoms with E-state index < -0.39 is 5.66 Å². The molecule has 2 rings (SSSR count). The van der Waals surface area contributed by atoms with Crippen LogP contribution >= 0.6 is 0 Å². The molecule has 0 bridgehead atoms. The van der Waals surface area contributed by atoms with Gasteiger partial charge in [-0.15, -0.1) is 0 Å². The first kappa shape index (κ1) is 13.8. The highest BCUT2D eigenvalue weighted by Crippen LogP contribution is 2.34. The molecule has 0 fully saturated rings. The third kappa shape index (κ3) is 2.86. The zero-order valence-corrected chi connectivity index (χ0v) is 11.6. The molecule has 0 amide bonds. The van der Waals surface area contributed by atoms with Crippen LogP contribution in [0.1, 0.15) is 30.9 Å². The Morgan fingerprint density at radius 3 is 1.42 bits per heavy atom. The lowest BCUT2D eigenvalue weighted by Gasteiger charge is -2.38. The van der Waals surface area contributed by atoms with Crippen LogP contribution in [-0.4, -0.2) is 5.66 Å². The summed E-state index contributed by atoms with van der Waals surface area (Å²) in [5.41, 5.74) is 14.4. The highest BCUT2D eigenvalue weighted by atomic mass is 15.0. The molecule has 0 aliphatic heterocycles. The molecule has 0 aromatic heterocycles. The van der Waals surface area contributed by atoms with Crippen molar-refractivity contribution in [2.24, 2.45) is 17.4 Å². The maximum absolute atomic E-state index is 6.45. The molecule has 0 heterocycles. The highest BCUT2D eigenvalue weighted by molar-refractivity contribution is 5.36. The molecule has 19 heavy (non-hydrogen) atoms. The van der Waals surface area contributed by atoms with E-state index in [-0.39, 0.29) is 11.8 Å². The van der Waals surface area contributed by atoms with E-state index in [1.807, 2.05) is 36.4 Å². The van der Waals surface area contributed by atoms with E-state index in [1.165, 1.54) is 0 Å². The fourth-order valence-electron chi connectivity index (χ4n) is 2.39. The quantitative estimate of drug-likeness (QED) is 0.824. The molecule has 100 valence electrons. The second-order valence-electron chi connectivity index (χ2n) is 5.41. The molecular formula is C17H22N2. The number of benzene rings is 2. The van der Waals surface area contributed by atoms with Crippen molar-refractivity contribution in [3.63, 3.8) is 0 Å². The van der Waals surface area contributed by atoms with Crippen LogP contribution in [0, 0.1) is 5.92 Å². The molecule has 2 heteroatoms. The van der Waals surface area contributed by atoms with Crippen LogP contribution in [0.15, 0.2) is 60.7 Å². The smallest absolute Gasteiger partial charge is 0.0772 e. The van der Waals surface area contributed by atoms with Crippen molar-refractivity contribution < 1.29 is 0 Å². The van der Waals surface area contributed by atoms with Crippen LogP contribution in [0.5, 0.6) is 0 Å². The average Bonchev–Trinajstić information content (AvgIpc) is 2.41. The van der Waals surface area contributed by atoms with E-state index >= 15 is 0 Å². The second kappa shape index (κ2) is 5.55. The molecule has 0 saturated heterocycles. The third-order valence-corrected chi connectivity index (χ3v) is 3.77. The van der Waals surface area contributed by atoms with Crippen molar-refractivity contribution in [1.82, 2.24) is 0 Å². The van der Waals surface area contributed by atoms with Gasteiger partial charge < -0.3 is 11.5 Å². The van der Waals surface area contributed by atoms with E-state index in [0.717, 1.165) is 11.1 Å². The van der Waals surface area contributed by atoms with Gasteiger partial charge in [0.25, 0.3) is 0 Å². The molecule has 0 saturated carbocycles. The van der Waals surface area contributed by atoms with Gasteiger partial charge in [-0.1, -0.05) is 74.5 Å². The van der Waals surface area contributed by atoms with Gasteiger partial charge in [0.2, 0.25) is 0 Å². The molecule has 2 aromatic carbocycles. The van der Waals surface area contributed by atoms with Crippen LogP contribution in [0.2, 0.25) is 0 Å². The van der Waals surface area contributed by atoms with Crippen molar-refractivity contribution in [2.75, 3.05) is 0 Å². The first-order valence-electron chi connectivity index (χ1n) is 6.71. The van der Waals surface area contributed by atoms with E-state index in [0.29, 0.717) is 0 Å². The Hall–Kier alpha value is -1.64. The third-order valence-electron chi connectivity index (χ3n) is 3.77. The number of rotatable bonds is 4. The van der Waals surface area contributed by atoms with Gasteiger partial charge in [0.15, 0.2) is 0 Å². The highest BCUT2D eigenvalue weighted by Gasteiger charge is 2.36. The lowest BCUT2D eigenvalue weighted by molar-refractivity contribution is 0.285.